The molecular formula is C17H13ClFN3O2S. The molecule has 0 aliphatic carbocycles. The Bertz CT molecular complexity index is 956. The van der Waals surface area contributed by atoms with Crippen molar-refractivity contribution < 1.29 is 14.0 Å². The van der Waals surface area contributed by atoms with Crippen LogP contribution >= 0.6 is 22.9 Å². The Morgan fingerprint density at radius 2 is 1.88 bits per heavy atom. The van der Waals surface area contributed by atoms with Crippen LogP contribution in [-0.2, 0) is 6.54 Å². The van der Waals surface area contributed by atoms with Crippen LogP contribution in [0.15, 0.2) is 42.5 Å². The van der Waals surface area contributed by atoms with Crippen molar-refractivity contribution in [2.45, 2.75) is 6.54 Å². The van der Waals surface area contributed by atoms with Gasteiger partial charge in [0, 0.05) is 22.3 Å². The van der Waals surface area contributed by atoms with Crippen LogP contribution in [0.2, 0.25) is 5.02 Å². The van der Waals surface area contributed by atoms with Crippen molar-refractivity contribution in [3.8, 4) is 0 Å². The van der Waals surface area contributed by atoms with Crippen molar-refractivity contribution >= 4 is 50.6 Å². The van der Waals surface area contributed by atoms with Gasteiger partial charge >= 0.3 is 6.03 Å². The van der Waals surface area contributed by atoms with E-state index in [1.807, 2.05) is 0 Å². The van der Waals surface area contributed by atoms with E-state index in [4.69, 9.17) is 17.3 Å². The first-order valence-corrected chi connectivity index (χ1v) is 8.44. The summed E-state index contributed by atoms with van der Waals surface area (Å²) in [5.41, 5.74) is 6.45. The maximum absolute atomic E-state index is 13.3. The average Bonchev–Trinajstić information content (AvgIpc) is 2.89. The Kier molecular flexibility index (Phi) is 4.87. The van der Waals surface area contributed by atoms with Crippen molar-refractivity contribution in [3.63, 3.8) is 0 Å². The Morgan fingerprint density at radius 3 is 2.56 bits per heavy atom. The van der Waals surface area contributed by atoms with E-state index in [0.29, 0.717) is 25.7 Å². The molecule has 0 bridgehead atoms. The van der Waals surface area contributed by atoms with Crippen molar-refractivity contribution in [2.75, 3.05) is 5.32 Å². The van der Waals surface area contributed by atoms with Crippen LogP contribution in [0.4, 0.5) is 14.9 Å². The summed E-state index contributed by atoms with van der Waals surface area (Å²) < 4.78 is 13.9. The van der Waals surface area contributed by atoms with Gasteiger partial charge < -0.3 is 16.4 Å². The number of urea groups is 1. The summed E-state index contributed by atoms with van der Waals surface area (Å²) in [6.07, 6.45) is 0. The summed E-state index contributed by atoms with van der Waals surface area (Å²) >= 11 is 7.38. The summed E-state index contributed by atoms with van der Waals surface area (Å²) in [4.78, 5) is 23.5. The Balaban J connectivity index is 1.70. The van der Waals surface area contributed by atoms with E-state index in [0.717, 1.165) is 16.9 Å². The van der Waals surface area contributed by atoms with Crippen LogP contribution in [-0.4, -0.2) is 11.9 Å². The second kappa shape index (κ2) is 7.08. The molecule has 0 atom stereocenters. The number of halogens is 2. The van der Waals surface area contributed by atoms with Crippen LogP contribution in [0, 0.1) is 5.82 Å². The molecule has 3 aromatic rings. The van der Waals surface area contributed by atoms with Crippen LogP contribution in [0.5, 0.6) is 0 Å². The average molecular weight is 378 g/mol. The molecule has 1 heterocycles. The predicted molar refractivity (Wildman–Crippen MR) is 97.6 cm³/mol. The molecule has 4 N–H and O–H groups in total. The molecule has 0 spiro atoms. The summed E-state index contributed by atoms with van der Waals surface area (Å²) in [7, 11) is 0. The summed E-state index contributed by atoms with van der Waals surface area (Å²) in [6, 6.07) is 10.5. The van der Waals surface area contributed by atoms with E-state index in [1.54, 1.807) is 30.3 Å². The monoisotopic (exact) mass is 377 g/mol. The lowest BCUT2D eigenvalue weighted by atomic mass is 10.2. The number of hydrogen-bond acceptors (Lipinski definition) is 3. The Morgan fingerprint density at radius 1 is 1.16 bits per heavy atom. The first-order valence-electron chi connectivity index (χ1n) is 7.25. The van der Waals surface area contributed by atoms with E-state index in [-0.39, 0.29) is 18.3 Å². The molecule has 0 aliphatic heterocycles. The highest BCUT2D eigenvalue weighted by atomic mass is 35.5. The SMILES string of the molecule is NC(=O)Nc1ccc(CNC(=O)c2sc3cc(F)ccc3c2Cl)cc1. The highest BCUT2D eigenvalue weighted by molar-refractivity contribution is 7.21. The number of anilines is 1. The van der Waals surface area contributed by atoms with Gasteiger partial charge in [-0.15, -0.1) is 11.3 Å². The smallest absolute Gasteiger partial charge is 0.316 e. The lowest BCUT2D eigenvalue weighted by molar-refractivity contribution is 0.0955. The number of primary amides is 1. The number of hydrogen-bond donors (Lipinski definition) is 3. The molecule has 3 rings (SSSR count). The number of fused-ring (bicyclic) bond motifs is 1. The van der Waals surface area contributed by atoms with Crippen LogP contribution in [0.3, 0.4) is 0 Å². The topological polar surface area (TPSA) is 84.2 Å². The third-order valence-corrected chi connectivity index (χ3v) is 5.13. The molecule has 1 aromatic heterocycles. The third-order valence-electron chi connectivity index (χ3n) is 3.47. The zero-order valence-corrected chi connectivity index (χ0v) is 14.4. The third kappa shape index (κ3) is 3.89. The van der Waals surface area contributed by atoms with Gasteiger partial charge in [-0.05, 0) is 35.9 Å². The fourth-order valence-electron chi connectivity index (χ4n) is 2.30. The largest absolute Gasteiger partial charge is 0.351 e. The van der Waals surface area contributed by atoms with Crippen LogP contribution < -0.4 is 16.4 Å². The molecule has 8 heteroatoms. The number of benzene rings is 2. The lowest BCUT2D eigenvalue weighted by Crippen LogP contribution is -2.22. The Labute approximate surface area is 151 Å². The molecule has 2 aromatic carbocycles. The fourth-order valence-corrected chi connectivity index (χ4v) is 3.75. The van der Waals surface area contributed by atoms with Gasteiger partial charge in [0.15, 0.2) is 0 Å². The van der Waals surface area contributed by atoms with Crippen molar-refractivity contribution in [1.82, 2.24) is 5.32 Å². The molecular weight excluding hydrogens is 365 g/mol. The second-order valence-corrected chi connectivity index (χ2v) is 6.68. The summed E-state index contributed by atoms with van der Waals surface area (Å²) in [5.74, 6) is -0.701. The molecule has 0 fully saturated rings. The van der Waals surface area contributed by atoms with Crippen LogP contribution in [0.25, 0.3) is 10.1 Å². The minimum absolute atomic E-state index is 0.286. The fraction of sp³-hybridized carbons (Fsp3) is 0.0588. The van der Waals surface area contributed by atoms with Gasteiger partial charge in [0.2, 0.25) is 0 Å². The molecule has 0 aliphatic rings. The van der Waals surface area contributed by atoms with Gasteiger partial charge in [-0.25, -0.2) is 9.18 Å². The van der Waals surface area contributed by atoms with Crippen molar-refractivity contribution in [2.24, 2.45) is 5.73 Å². The molecule has 25 heavy (non-hydrogen) atoms. The number of nitrogens with two attached hydrogens (primary N) is 1. The molecule has 0 saturated heterocycles. The van der Waals surface area contributed by atoms with E-state index in [2.05, 4.69) is 10.6 Å². The van der Waals surface area contributed by atoms with Gasteiger partial charge in [0.1, 0.15) is 10.7 Å². The zero-order valence-electron chi connectivity index (χ0n) is 12.8. The predicted octanol–water partition coefficient (Wildman–Crippen LogP) is 4.11. The number of carbonyl (C=O) groups is 2. The lowest BCUT2D eigenvalue weighted by Gasteiger charge is -2.06. The van der Waals surface area contributed by atoms with E-state index in [9.17, 15) is 14.0 Å². The standard InChI is InChI=1S/C17H13ClFN3O2S/c18-14-12-6-3-10(19)7-13(12)25-15(14)16(23)21-8-9-1-4-11(5-2-9)22-17(20)24/h1-7H,8H2,(H,21,23)(H3,20,22,24). The number of rotatable bonds is 4. The Hall–Kier alpha value is -2.64. The second-order valence-electron chi connectivity index (χ2n) is 5.25. The quantitative estimate of drug-likeness (QED) is 0.639. The van der Waals surface area contributed by atoms with Gasteiger partial charge in [0.25, 0.3) is 5.91 Å². The number of nitrogens with one attached hydrogen (secondary N) is 2. The molecule has 0 unspecified atom stereocenters. The van der Waals surface area contributed by atoms with Crippen LogP contribution in [0.1, 0.15) is 15.2 Å². The van der Waals surface area contributed by atoms with E-state index in [1.165, 1.54) is 12.1 Å². The molecule has 0 radical (unpaired) electrons. The first kappa shape index (κ1) is 17.2. The zero-order chi connectivity index (χ0) is 18.0. The van der Waals surface area contributed by atoms with Crippen molar-refractivity contribution in [3.05, 3.63) is 63.7 Å². The number of amides is 3. The van der Waals surface area contributed by atoms with Gasteiger partial charge in [-0.1, -0.05) is 23.7 Å². The normalized spacial score (nSPS) is 10.6. The minimum Gasteiger partial charge on any atom is -0.351 e. The summed E-state index contributed by atoms with van der Waals surface area (Å²) in [6.45, 7) is 0.286. The number of carbonyl (C=O) groups excluding carboxylic acids is 2. The maximum Gasteiger partial charge on any atom is 0.316 e. The van der Waals surface area contributed by atoms with E-state index >= 15 is 0 Å². The maximum atomic E-state index is 13.3. The van der Waals surface area contributed by atoms with Crippen molar-refractivity contribution in [1.29, 1.82) is 0 Å². The number of thiophene rings is 1. The first-order chi connectivity index (χ1) is 11.9. The van der Waals surface area contributed by atoms with Gasteiger partial charge in [-0.2, -0.15) is 0 Å². The minimum atomic E-state index is -0.642. The van der Waals surface area contributed by atoms with Gasteiger partial charge in [0.05, 0.1) is 5.02 Å². The molecule has 3 amide bonds. The highest BCUT2D eigenvalue weighted by Gasteiger charge is 2.17. The van der Waals surface area contributed by atoms with E-state index < -0.39 is 6.03 Å². The highest BCUT2D eigenvalue weighted by Crippen LogP contribution is 2.35. The summed E-state index contributed by atoms with van der Waals surface area (Å²) in [5, 5.41) is 6.20. The van der Waals surface area contributed by atoms with Gasteiger partial charge in [-0.3, -0.25) is 4.79 Å². The molecule has 5 nitrogen and oxygen atoms in total. The molecule has 0 saturated carbocycles. The molecule has 128 valence electrons.